The number of ether oxygens (including phenoxy) is 1. The van der Waals surface area contributed by atoms with Crippen molar-refractivity contribution in [1.82, 2.24) is 5.32 Å². The predicted octanol–water partition coefficient (Wildman–Crippen LogP) is 2.53. The van der Waals surface area contributed by atoms with Crippen LogP contribution in [0.5, 0.6) is 0 Å². The number of alkyl halides is 3. The number of hydrogen-bond donors (Lipinski definition) is 1. The zero-order valence-corrected chi connectivity index (χ0v) is 10.0. The average Bonchev–Trinajstić information content (AvgIpc) is 2.34. The van der Waals surface area contributed by atoms with E-state index in [0.717, 1.165) is 12.1 Å². The van der Waals surface area contributed by atoms with Gasteiger partial charge in [0.1, 0.15) is 0 Å². The highest BCUT2D eigenvalue weighted by Crippen LogP contribution is 2.31. The molecule has 100 valence electrons. The minimum atomic E-state index is -4.39. The standard InChI is InChI=1S/C12H14F3NO2/c1-16-10(7-11(17)18-2)8-4-3-5-9(6-8)12(13,14)15/h3-6,10,16H,7H2,1-2H3. The molecule has 1 rings (SSSR count). The topological polar surface area (TPSA) is 38.3 Å². The predicted molar refractivity (Wildman–Crippen MR) is 59.9 cm³/mol. The lowest BCUT2D eigenvalue weighted by Gasteiger charge is -2.17. The van der Waals surface area contributed by atoms with E-state index >= 15 is 0 Å². The molecule has 0 radical (unpaired) electrons. The van der Waals surface area contributed by atoms with Gasteiger partial charge in [0.15, 0.2) is 0 Å². The molecule has 0 aliphatic rings. The normalized spacial score (nSPS) is 13.2. The van der Waals surface area contributed by atoms with Gasteiger partial charge in [-0.1, -0.05) is 12.1 Å². The van der Waals surface area contributed by atoms with Crippen molar-refractivity contribution in [3.63, 3.8) is 0 Å². The Morgan fingerprint density at radius 3 is 2.61 bits per heavy atom. The van der Waals surface area contributed by atoms with Crippen molar-refractivity contribution in [2.75, 3.05) is 14.2 Å². The van der Waals surface area contributed by atoms with Crippen LogP contribution >= 0.6 is 0 Å². The van der Waals surface area contributed by atoms with Crippen LogP contribution in [0.15, 0.2) is 24.3 Å². The number of nitrogens with one attached hydrogen (secondary N) is 1. The molecule has 1 aromatic carbocycles. The highest BCUT2D eigenvalue weighted by molar-refractivity contribution is 5.70. The van der Waals surface area contributed by atoms with Crippen LogP contribution in [-0.4, -0.2) is 20.1 Å². The quantitative estimate of drug-likeness (QED) is 0.846. The smallest absolute Gasteiger partial charge is 0.416 e. The Morgan fingerprint density at radius 2 is 2.11 bits per heavy atom. The SMILES string of the molecule is CNC(CC(=O)OC)c1cccc(C(F)(F)F)c1. The summed E-state index contributed by atoms with van der Waals surface area (Å²) in [5.41, 5.74) is -0.331. The van der Waals surface area contributed by atoms with Gasteiger partial charge in [-0.05, 0) is 24.7 Å². The monoisotopic (exact) mass is 261 g/mol. The Kier molecular flexibility index (Phi) is 4.72. The van der Waals surface area contributed by atoms with E-state index < -0.39 is 23.8 Å². The van der Waals surface area contributed by atoms with Gasteiger partial charge in [-0.3, -0.25) is 4.79 Å². The summed E-state index contributed by atoms with van der Waals surface area (Å²) in [7, 11) is 2.81. The molecule has 1 atom stereocenters. The largest absolute Gasteiger partial charge is 0.469 e. The Labute approximate surface area is 103 Å². The number of halogens is 3. The van der Waals surface area contributed by atoms with Gasteiger partial charge in [0, 0.05) is 6.04 Å². The first-order valence-electron chi connectivity index (χ1n) is 5.29. The second-order valence-electron chi connectivity index (χ2n) is 3.74. The number of carbonyl (C=O) groups excluding carboxylic acids is 1. The molecule has 0 spiro atoms. The van der Waals surface area contributed by atoms with Crippen LogP contribution in [0.25, 0.3) is 0 Å². The van der Waals surface area contributed by atoms with Crippen molar-refractivity contribution >= 4 is 5.97 Å². The molecule has 1 aromatic rings. The molecule has 0 fully saturated rings. The fourth-order valence-electron chi connectivity index (χ4n) is 1.57. The summed E-state index contributed by atoms with van der Waals surface area (Å²) in [6, 6.07) is 4.39. The summed E-state index contributed by atoms with van der Waals surface area (Å²) >= 11 is 0. The number of methoxy groups -OCH3 is 1. The summed E-state index contributed by atoms with van der Waals surface area (Å²) in [6.07, 6.45) is -4.41. The third kappa shape index (κ3) is 3.73. The lowest BCUT2D eigenvalue weighted by Crippen LogP contribution is -2.21. The van der Waals surface area contributed by atoms with Crippen LogP contribution < -0.4 is 5.32 Å². The van der Waals surface area contributed by atoms with Crippen molar-refractivity contribution < 1.29 is 22.7 Å². The first kappa shape index (κ1) is 14.5. The maximum atomic E-state index is 12.6. The Hall–Kier alpha value is -1.56. The van der Waals surface area contributed by atoms with Crippen LogP contribution in [0.4, 0.5) is 13.2 Å². The minimum Gasteiger partial charge on any atom is -0.469 e. The van der Waals surface area contributed by atoms with Crippen LogP contribution in [0.3, 0.4) is 0 Å². The summed E-state index contributed by atoms with van der Waals surface area (Å²) in [5.74, 6) is -0.480. The lowest BCUT2D eigenvalue weighted by atomic mass is 10.0. The fourth-order valence-corrected chi connectivity index (χ4v) is 1.57. The molecule has 0 saturated heterocycles. The van der Waals surface area contributed by atoms with Crippen molar-refractivity contribution in [2.24, 2.45) is 0 Å². The van der Waals surface area contributed by atoms with E-state index in [1.165, 1.54) is 13.2 Å². The van der Waals surface area contributed by atoms with Crippen molar-refractivity contribution in [1.29, 1.82) is 0 Å². The van der Waals surface area contributed by atoms with Gasteiger partial charge in [0.2, 0.25) is 0 Å². The van der Waals surface area contributed by atoms with E-state index in [4.69, 9.17) is 0 Å². The van der Waals surface area contributed by atoms with Gasteiger partial charge in [-0.25, -0.2) is 0 Å². The number of esters is 1. The number of carbonyl (C=O) groups is 1. The van der Waals surface area contributed by atoms with Gasteiger partial charge < -0.3 is 10.1 Å². The van der Waals surface area contributed by atoms with Crippen LogP contribution in [-0.2, 0) is 15.7 Å². The fraction of sp³-hybridized carbons (Fsp3) is 0.417. The maximum absolute atomic E-state index is 12.6. The third-order valence-electron chi connectivity index (χ3n) is 2.56. The number of rotatable bonds is 4. The molecular weight excluding hydrogens is 247 g/mol. The van der Waals surface area contributed by atoms with E-state index in [1.54, 1.807) is 13.1 Å². The van der Waals surface area contributed by atoms with E-state index in [9.17, 15) is 18.0 Å². The highest BCUT2D eigenvalue weighted by atomic mass is 19.4. The maximum Gasteiger partial charge on any atom is 0.416 e. The molecule has 6 heteroatoms. The molecule has 1 unspecified atom stereocenters. The van der Waals surface area contributed by atoms with Crippen molar-refractivity contribution in [3.05, 3.63) is 35.4 Å². The molecule has 0 aromatic heterocycles. The Morgan fingerprint density at radius 1 is 1.44 bits per heavy atom. The molecule has 3 nitrogen and oxygen atoms in total. The summed E-state index contributed by atoms with van der Waals surface area (Å²) < 4.78 is 42.2. The summed E-state index contributed by atoms with van der Waals surface area (Å²) in [4.78, 5) is 11.2. The van der Waals surface area contributed by atoms with Gasteiger partial charge in [0.25, 0.3) is 0 Å². The minimum absolute atomic E-state index is 0.0195. The molecule has 0 aliphatic heterocycles. The zero-order valence-electron chi connectivity index (χ0n) is 10.0. The number of benzene rings is 1. The first-order valence-corrected chi connectivity index (χ1v) is 5.29. The zero-order chi connectivity index (χ0) is 13.8. The second-order valence-corrected chi connectivity index (χ2v) is 3.74. The molecule has 0 bridgehead atoms. The van der Waals surface area contributed by atoms with E-state index in [2.05, 4.69) is 10.1 Å². The van der Waals surface area contributed by atoms with Gasteiger partial charge >= 0.3 is 12.1 Å². The molecule has 0 saturated carbocycles. The van der Waals surface area contributed by atoms with E-state index in [0.29, 0.717) is 5.56 Å². The van der Waals surface area contributed by atoms with Gasteiger partial charge in [-0.2, -0.15) is 13.2 Å². The lowest BCUT2D eigenvalue weighted by molar-refractivity contribution is -0.141. The van der Waals surface area contributed by atoms with Crippen molar-refractivity contribution in [3.8, 4) is 0 Å². The van der Waals surface area contributed by atoms with E-state index in [1.807, 2.05) is 0 Å². The van der Waals surface area contributed by atoms with Gasteiger partial charge in [-0.15, -0.1) is 0 Å². The summed E-state index contributed by atoms with van der Waals surface area (Å²) in [5, 5.41) is 2.79. The molecule has 0 aliphatic carbocycles. The second kappa shape index (κ2) is 5.86. The Balaban J connectivity index is 2.96. The van der Waals surface area contributed by atoms with Crippen LogP contribution in [0, 0.1) is 0 Å². The van der Waals surface area contributed by atoms with Crippen LogP contribution in [0.2, 0.25) is 0 Å². The van der Waals surface area contributed by atoms with Gasteiger partial charge in [0.05, 0.1) is 19.1 Å². The molecule has 0 heterocycles. The molecular formula is C12H14F3NO2. The molecule has 1 N–H and O–H groups in total. The average molecular weight is 261 g/mol. The van der Waals surface area contributed by atoms with E-state index in [-0.39, 0.29) is 6.42 Å². The molecule has 18 heavy (non-hydrogen) atoms. The highest BCUT2D eigenvalue weighted by Gasteiger charge is 2.31. The number of hydrogen-bond acceptors (Lipinski definition) is 3. The summed E-state index contributed by atoms with van der Waals surface area (Å²) in [6.45, 7) is 0. The third-order valence-corrected chi connectivity index (χ3v) is 2.56. The van der Waals surface area contributed by atoms with Crippen LogP contribution in [0.1, 0.15) is 23.6 Å². The Bertz CT molecular complexity index is 418. The van der Waals surface area contributed by atoms with Crippen molar-refractivity contribution in [2.45, 2.75) is 18.6 Å². The first-order chi connectivity index (χ1) is 8.38. The molecule has 0 amide bonds.